The zero-order chi connectivity index (χ0) is 14.4. The highest BCUT2D eigenvalue weighted by Crippen LogP contribution is 2.25. The van der Waals surface area contributed by atoms with Crippen LogP contribution in [0.15, 0.2) is 28.7 Å². The van der Waals surface area contributed by atoms with Crippen LogP contribution in [0, 0.1) is 5.92 Å². The first kappa shape index (κ1) is 16.0. The number of aliphatic hydroxyl groups excluding tert-OH is 1. The number of hydrogen-bond donors (Lipinski definition) is 1. The van der Waals surface area contributed by atoms with Crippen molar-refractivity contribution in [2.75, 3.05) is 33.4 Å². The molecule has 0 aromatic heterocycles. The van der Waals surface area contributed by atoms with Gasteiger partial charge >= 0.3 is 0 Å². The van der Waals surface area contributed by atoms with Gasteiger partial charge in [-0.1, -0.05) is 34.1 Å². The van der Waals surface area contributed by atoms with E-state index in [1.54, 1.807) is 0 Å². The summed E-state index contributed by atoms with van der Waals surface area (Å²) in [5.74, 6) is 0.745. The van der Waals surface area contributed by atoms with Crippen LogP contribution in [-0.2, 0) is 4.74 Å². The van der Waals surface area contributed by atoms with Gasteiger partial charge < -0.3 is 14.7 Å². The molecule has 1 aliphatic heterocycles. The van der Waals surface area contributed by atoms with Crippen molar-refractivity contribution in [1.82, 2.24) is 4.90 Å². The predicted molar refractivity (Wildman–Crippen MR) is 84.8 cm³/mol. The molecule has 112 valence electrons. The van der Waals surface area contributed by atoms with Gasteiger partial charge in [0.2, 0.25) is 0 Å². The lowest BCUT2D eigenvalue weighted by molar-refractivity contribution is 0.0534. The number of aliphatic hydroxyl groups is 1. The maximum atomic E-state index is 10.3. The van der Waals surface area contributed by atoms with Gasteiger partial charge in [0.15, 0.2) is 0 Å². The summed E-state index contributed by atoms with van der Waals surface area (Å²) in [6.45, 7) is 3.82. The highest BCUT2D eigenvalue weighted by atomic mass is 79.9. The molecule has 1 N–H and O–H groups in total. The number of hydrogen-bond acceptors (Lipinski definition) is 3. The maximum absolute atomic E-state index is 10.3. The summed E-state index contributed by atoms with van der Waals surface area (Å²) < 4.78 is 6.37. The first-order valence-corrected chi connectivity index (χ1v) is 8.15. The SMILES string of the molecule is CN(CCC(O)c1ccccc1Br)CC1CCOCC1. The molecule has 0 amide bonds. The summed E-state index contributed by atoms with van der Waals surface area (Å²) >= 11 is 3.50. The fourth-order valence-electron chi connectivity index (χ4n) is 2.70. The second-order valence-corrected chi connectivity index (χ2v) is 6.50. The van der Waals surface area contributed by atoms with Crippen molar-refractivity contribution in [3.05, 3.63) is 34.3 Å². The number of ether oxygens (including phenoxy) is 1. The summed E-state index contributed by atoms with van der Waals surface area (Å²) in [4.78, 5) is 2.33. The molecule has 1 unspecified atom stereocenters. The van der Waals surface area contributed by atoms with Crippen molar-refractivity contribution in [2.24, 2.45) is 5.92 Å². The van der Waals surface area contributed by atoms with Crippen LogP contribution in [0.2, 0.25) is 0 Å². The minimum atomic E-state index is -0.400. The molecule has 0 spiro atoms. The third kappa shape index (κ3) is 4.85. The van der Waals surface area contributed by atoms with E-state index in [1.165, 1.54) is 0 Å². The summed E-state index contributed by atoms with van der Waals surface area (Å²) in [7, 11) is 2.14. The summed E-state index contributed by atoms with van der Waals surface area (Å²) in [5, 5.41) is 10.3. The van der Waals surface area contributed by atoms with Crippen molar-refractivity contribution < 1.29 is 9.84 Å². The lowest BCUT2D eigenvalue weighted by Gasteiger charge is -2.27. The number of nitrogens with zero attached hydrogens (tertiary/aromatic N) is 1. The second-order valence-electron chi connectivity index (χ2n) is 5.64. The highest BCUT2D eigenvalue weighted by Gasteiger charge is 2.17. The number of halogens is 1. The van der Waals surface area contributed by atoms with Crippen molar-refractivity contribution in [1.29, 1.82) is 0 Å². The summed E-state index contributed by atoms with van der Waals surface area (Å²) in [6, 6.07) is 7.89. The van der Waals surface area contributed by atoms with Crippen LogP contribution in [0.5, 0.6) is 0 Å². The van der Waals surface area contributed by atoms with E-state index in [-0.39, 0.29) is 0 Å². The van der Waals surface area contributed by atoms with E-state index in [1.807, 2.05) is 24.3 Å². The molecule has 20 heavy (non-hydrogen) atoms. The molecule has 1 heterocycles. The molecule has 1 atom stereocenters. The maximum Gasteiger partial charge on any atom is 0.0813 e. The van der Waals surface area contributed by atoms with Crippen LogP contribution in [0.3, 0.4) is 0 Å². The second kappa shape index (κ2) is 8.13. The summed E-state index contributed by atoms with van der Waals surface area (Å²) in [5.41, 5.74) is 0.979. The van der Waals surface area contributed by atoms with E-state index in [9.17, 15) is 5.11 Å². The fraction of sp³-hybridized carbons (Fsp3) is 0.625. The first-order valence-electron chi connectivity index (χ1n) is 7.35. The molecule has 1 fully saturated rings. The fourth-order valence-corrected chi connectivity index (χ4v) is 3.25. The molecule has 1 aromatic rings. The Balaban J connectivity index is 1.75. The summed E-state index contributed by atoms with van der Waals surface area (Å²) in [6.07, 6.45) is 2.69. The van der Waals surface area contributed by atoms with Crippen LogP contribution in [0.4, 0.5) is 0 Å². The largest absolute Gasteiger partial charge is 0.388 e. The average Bonchev–Trinajstić information content (AvgIpc) is 2.46. The Labute approximate surface area is 130 Å². The number of benzene rings is 1. The highest BCUT2D eigenvalue weighted by molar-refractivity contribution is 9.10. The molecular weight excluding hydrogens is 318 g/mol. The minimum Gasteiger partial charge on any atom is -0.388 e. The predicted octanol–water partition coefficient (Wildman–Crippen LogP) is 3.23. The van der Waals surface area contributed by atoms with Crippen LogP contribution >= 0.6 is 15.9 Å². The van der Waals surface area contributed by atoms with E-state index in [0.717, 1.165) is 61.5 Å². The zero-order valence-electron chi connectivity index (χ0n) is 12.1. The van der Waals surface area contributed by atoms with Gasteiger partial charge in [-0.05, 0) is 43.9 Å². The van der Waals surface area contributed by atoms with Gasteiger partial charge in [-0.15, -0.1) is 0 Å². The van der Waals surface area contributed by atoms with Crippen LogP contribution in [0.1, 0.15) is 30.9 Å². The van der Waals surface area contributed by atoms with Gasteiger partial charge in [-0.3, -0.25) is 0 Å². The van der Waals surface area contributed by atoms with E-state index < -0.39 is 6.10 Å². The molecule has 1 saturated heterocycles. The Hall–Kier alpha value is -0.420. The monoisotopic (exact) mass is 341 g/mol. The van der Waals surface area contributed by atoms with Gasteiger partial charge in [-0.2, -0.15) is 0 Å². The molecule has 0 saturated carbocycles. The number of rotatable bonds is 6. The first-order chi connectivity index (χ1) is 9.66. The van der Waals surface area contributed by atoms with Crippen LogP contribution in [0.25, 0.3) is 0 Å². The molecule has 2 rings (SSSR count). The topological polar surface area (TPSA) is 32.7 Å². The lowest BCUT2D eigenvalue weighted by atomic mass is 9.99. The van der Waals surface area contributed by atoms with Gasteiger partial charge in [0.05, 0.1) is 6.10 Å². The molecule has 1 aromatic carbocycles. The quantitative estimate of drug-likeness (QED) is 0.862. The van der Waals surface area contributed by atoms with E-state index in [4.69, 9.17) is 4.74 Å². The van der Waals surface area contributed by atoms with Crippen molar-refractivity contribution in [2.45, 2.75) is 25.4 Å². The van der Waals surface area contributed by atoms with E-state index in [0.29, 0.717) is 0 Å². The normalized spacial score (nSPS) is 18.4. The standard InChI is InChI=1S/C16H24BrNO2/c1-18(12-13-7-10-20-11-8-13)9-6-16(19)14-4-2-3-5-15(14)17/h2-5,13,16,19H,6-12H2,1H3. The molecular formula is C16H24BrNO2. The smallest absolute Gasteiger partial charge is 0.0813 e. The van der Waals surface area contributed by atoms with Crippen molar-refractivity contribution >= 4 is 15.9 Å². The van der Waals surface area contributed by atoms with E-state index >= 15 is 0 Å². The van der Waals surface area contributed by atoms with Crippen LogP contribution in [-0.4, -0.2) is 43.4 Å². The van der Waals surface area contributed by atoms with Gasteiger partial charge in [0, 0.05) is 30.8 Å². The van der Waals surface area contributed by atoms with Gasteiger partial charge in [0.1, 0.15) is 0 Å². The van der Waals surface area contributed by atoms with Crippen LogP contribution < -0.4 is 0 Å². The minimum absolute atomic E-state index is 0.400. The molecule has 1 aliphatic rings. The molecule has 0 bridgehead atoms. The average molecular weight is 342 g/mol. The molecule has 3 nitrogen and oxygen atoms in total. The Bertz CT molecular complexity index is 407. The third-order valence-electron chi connectivity index (χ3n) is 3.96. The lowest BCUT2D eigenvalue weighted by Crippen LogP contribution is -2.30. The van der Waals surface area contributed by atoms with Crippen molar-refractivity contribution in [3.8, 4) is 0 Å². The molecule has 0 radical (unpaired) electrons. The van der Waals surface area contributed by atoms with Gasteiger partial charge in [0.25, 0.3) is 0 Å². The molecule has 0 aliphatic carbocycles. The van der Waals surface area contributed by atoms with Crippen molar-refractivity contribution in [3.63, 3.8) is 0 Å². The Kier molecular flexibility index (Phi) is 6.49. The van der Waals surface area contributed by atoms with Gasteiger partial charge in [-0.25, -0.2) is 0 Å². The van der Waals surface area contributed by atoms with E-state index in [2.05, 4.69) is 27.9 Å². The zero-order valence-corrected chi connectivity index (χ0v) is 13.7. The third-order valence-corrected chi connectivity index (χ3v) is 4.68. The Morgan fingerprint density at radius 2 is 2.05 bits per heavy atom. The Morgan fingerprint density at radius 3 is 2.75 bits per heavy atom. The molecule has 4 heteroatoms. The Morgan fingerprint density at radius 1 is 1.35 bits per heavy atom.